The molecule has 0 saturated carbocycles. The zero-order chi connectivity index (χ0) is 28.3. The monoisotopic (exact) mass is 545 g/mol. The van der Waals surface area contributed by atoms with Gasteiger partial charge in [0.15, 0.2) is 6.04 Å². The van der Waals surface area contributed by atoms with E-state index in [1.54, 1.807) is 9.80 Å². The SMILES string of the molecule is O=C(O)[C@@H]1[C@H]2CC[C@@H](CN1C(=O)N(c1ccccc1)c1ccccc1)N2C(=O)C(c1ccccc1)c1ccccc1. The van der Waals surface area contributed by atoms with Gasteiger partial charge >= 0.3 is 12.0 Å². The molecule has 2 saturated heterocycles. The van der Waals surface area contributed by atoms with Gasteiger partial charge < -0.3 is 14.9 Å². The van der Waals surface area contributed by atoms with Crippen LogP contribution < -0.4 is 4.90 Å². The predicted molar refractivity (Wildman–Crippen MR) is 157 cm³/mol. The van der Waals surface area contributed by atoms with Crippen LogP contribution in [-0.2, 0) is 9.59 Å². The lowest BCUT2D eigenvalue weighted by Crippen LogP contribution is -2.66. The fraction of sp³-hybridized carbons (Fsp3) is 0.206. The van der Waals surface area contributed by atoms with Crippen LogP contribution in [0.5, 0.6) is 0 Å². The van der Waals surface area contributed by atoms with E-state index < -0.39 is 30.0 Å². The summed E-state index contributed by atoms with van der Waals surface area (Å²) in [7, 11) is 0. The number of likely N-dealkylation sites (tertiary alicyclic amines) is 1. The molecule has 3 atom stereocenters. The number of piperazine rings is 1. The minimum absolute atomic E-state index is 0.128. The first kappa shape index (κ1) is 26.3. The van der Waals surface area contributed by atoms with Gasteiger partial charge in [-0.25, -0.2) is 9.59 Å². The number of urea groups is 1. The molecule has 7 heteroatoms. The molecule has 2 heterocycles. The fourth-order valence-corrected chi connectivity index (χ4v) is 6.36. The number of fused-ring (bicyclic) bond motifs is 2. The first-order chi connectivity index (χ1) is 20.0. The van der Waals surface area contributed by atoms with Crippen molar-refractivity contribution < 1.29 is 19.5 Å². The van der Waals surface area contributed by atoms with E-state index in [1.807, 2.05) is 121 Å². The van der Waals surface area contributed by atoms with Gasteiger partial charge in [0, 0.05) is 12.6 Å². The van der Waals surface area contributed by atoms with Gasteiger partial charge in [-0.1, -0.05) is 97.1 Å². The number of hydrogen-bond acceptors (Lipinski definition) is 3. The number of benzene rings is 4. The predicted octanol–water partition coefficient (Wildman–Crippen LogP) is 5.91. The first-order valence-electron chi connectivity index (χ1n) is 13.9. The van der Waals surface area contributed by atoms with E-state index in [2.05, 4.69) is 0 Å². The highest BCUT2D eigenvalue weighted by molar-refractivity contribution is 6.01. The van der Waals surface area contributed by atoms with Crippen molar-refractivity contribution in [2.45, 2.75) is 36.9 Å². The van der Waals surface area contributed by atoms with Crippen LogP contribution in [0.1, 0.15) is 29.9 Å². The van der Waals surface area contributed by atoms with Gasteiger partial charge in [0.05, 0.1) is 23.3 Å². The summed E-state index contributed by atoms with van der Waals surface area (Å²) in [5, 5.41) is 10.5. The van der Waals surface area contributed by atoms with Gasteiger partial charge in [-0.3, -0.25) is 9.69 Å². The standard InChI is InChI=1S/C34H31N3O4/c38-32(30(24-13-5-1-6-14-24)25-15-7-2-8-16-25)37-28-21-22-29(37)31(33(39)40)35(23-28)34(41)36(26-17-9-3-10-18-26)27-19-11-4-12-20-27/h1-20,28-31H,21-23H2,(H,39,40)/t28-,29+,31-/m0/s1. The second-order valence-electron chi connectivity index (χ2n) is 10.5. The first-order valence-corrected chi connectivity index (χ1v) is 13.9. The molecule has 0 unspecified atom stereocenters. The third-order valence-corrected chi connectivity index (χ3v) is 8.14. The molecule has 0 radical (unpaired) electrons. The van der Waals surface area contributed by atoms with Crippen LogP contribution in [0.4, 0.5) is 16.2 Å². The number of carboxylic acid groups (broad SMARTS) is 1. The van der Waals surface area contributed by atoms with Crippen molar-refractivity contribution in [1.29, 1.82) is 0 Å². The van der Waals surface area contributed by atoms with Gasteiger partial charge in [-0.15, -0.1) is 0 Å². The number of carboxylic acids is 1. The highest BCUT2D eigenvalue weighted by Crippen LogP contribution is 2.40. The summed E-state index contributed by atoms with van der Waals surface area (Å²) >= 11 is 0. The number of hydrogen-bond donors (Lipinski definition) is 1. The molecular formula is C34H31N3O4. The Bertz CT molecular complexity index is 1440. The van der Waals surface area contributed by atoms with E-state index in [0.29, 0.717) is 24.2 Å². The Labute approximate surface area is 239 Å². The van der Waals surface area contributed by atoms with Crippen molar-refractivity contribution in [2.24, 2.45) is 0 Å². The molecule has 6 rings (SSSR count). The van der Waals surface area contributed by atoms with E-state index >= 15 is 0 Å². The average molecular weight is 546 g/mol. The number of anilines is 2. The average Bonchev–Trinajstić information content (AvgIpc) is 3.31. The van der Waals surface area contributed by atoms with Crippen LogP contribution >= 0.6 is 0 Å². The number of carbonyl (C=O) groups excluding carboxylic acids is 2. The smallest absolute Gasteiger partial charge is 0.329 e. The molecule has 41 heavy (non-hydrogen) atoms. The van der Waals surface area contributed by atoms with E-state index in [1.165, 1.54) is 4.90 Å². The summed E-state index contributed by atoms with van der Waals surface area (Å²) in [6, 6.07) is 35.2. The Morgan fingerprint density at radius 3 is 1.61 bits per heavy atom. The van der Waals surface area contributed by atoms with Gasteiger partial charge in [0.2, 0.25) is 5.91 Å². The van der Waals surface area contributed by atoms with Crippen LogP contribution in [0.3, 0.4) is 0 Å². The summed E-state index contributed by atoms with van der Waals surface area (Å²) in [6.45, 7) is 0.143. The third-order valence-electron chi connectivity index (χ3n) is 8.14. The molecule has 2 aliphatic rings. The Balaban J connectivity index is 1.36. The molecule has 3 amide bonds. The molecule has 7 nitrogen and oxygen atoms in total. The van der Waals surface area contributed by atoms with Crippen LogP contribution in [0.15, 0.2) is 121 Å². The molecule has 2 aliphatic heterocycles. The highest BCUT2D eigenvalue weighted by atomic mass is 16.4. The largest absolute Gasteiger partial charge is 0.480 e. The lowest BCUT2D eigenvalue weighted by atomic mass is 9.88. The summed E-state index contributed by atoms with van der Waals surface area (Å²) in [5.74, 6) is -1.81. The van der Waals surface area contributed by atoms with Crippen molar-refractivity contribution in [3.63, 3.8) is 0 Å². The van der Waals surface area contributed by atoms with Crippen molar-refractivity contribution in [3.8, 4) is 0 Å². The Morgan fingerprint density at radius 2 is 1.15 bits per heavy atom. The molecule has 2 fully saturated rings. The molecule has 0 aliphatic carbocycles. The lowest BCUT2D eigenvalue weighted by molar-refractivity contribution is -0.151. The molecule has 0 aromatic heterocycles. The second-order valence-corrected chi connectivity index (χ2v) is 10.5. The molecular weight excluding hydrogens is 514 g/mol. The van der Waals surface area contributed by atoms with Gasteiger partial charge in [0.25, 0.3) is 0 Å². The Morgan fingerprint density at radius 1 is 0.683 bits per heavy atom. The summed E-state index contributed by atoms with van der Waals surface area (Å²) < 4.78 is 0. The van der Waals surface area contributed by atoms with E-state index in [4.69, 9.17) is 0 Å². The van der Waals surface area contributed by atoms with Gasteiger partial charge in [-0.2, -0.15) is 0 Å². The van der Waals surface area contributed by atoms with Crippen LogP contribution in [0.25, 0.3) is 0 Å². The number of nitrogens with zero attached hydrogens (tertiary/aromatic N) is 3. The van der Waals surface area contributed by atoms with E-state index in [9.17, 15) is 19.5 Å². The Hall–Kier alpha value is -4.91. The number of para-hydroxylation sites is 2. The minimum atomic E-state index is -1.17. The maximum Gasteiger partial charge on any atom is 0.329 e. The number of amides is 3. The maximum absolute atomic E-state index is 14.4. The second kappa shape index (κ2) is 11.3. The third kappa shape index (κ3) is 4.95. The van der Waals surface area contributed by atoms with Gasteiger partial charge in [0.1, 0.15) is 0 Å². The highest BCUT2D eigenvalue weighted by Gasteiger charge is 2.54. The zero-order valence-electron chi connectivity index (χ0n) is 22.5. The molecule has 2 bridgehead atoms. The van der Waals surface area contributed by atoms with Crippen molar-refractivity contribution >= 4 is 29.3 Å². The molecule has 1 N–H and O–H groups in total. The summed E-state index contributed by atoms with van der Waals surface area (Å²) in [6.07, 6.45) is 1.15. The normalized spacial score (nSPS) is 19.7. The number of carbonyl (C=O) groups is 3. The molecule has 0 spiro atoms. The van der Waals surface area contributed by atoms with Gasteiger partial charge in [-0.05, 0) is 48.2 Å². The molecule has 4 aromatic rings. The summed E-state index contributed by atoms with van der Waals surface area (Å²) in [5.41, 5.74) is 3.00. The van der Waals surface area contributed by atoms with Crippen molar-refractivity contribution in [3.05, 3.63) is 132 Å². The van der Waals surface area contributed by atoms with Crippen LogP contribution in [0, 0.1) is 0 Å². The quantitative estimate of drug-likeness (QED) is 0.327. The van der Waals surface area contributed by atoms with E-state index in [0.717, 1.165) is 11.1 Å². The lowest BCUT2D eigenvalue weighted by Gasteiger charge is -2.47. The van der Waals surface area contributed by atoms with Crippen LogP contribution in [-0.4, -0.2) is 57.5 Å². The molecule has 4 aromatic carbocycles. The maximum atomic E-state index is 14.4. The van der Waals surface area contributed by atoms with Crippen LogP contribution in [0.2, 0.25) is 0 Å². The molecule has 206 valence electrons. The number of aliphatic carboxylic acids is 1. The minimum Gasteiger partial charge on any atom is -0.480 e. The summed E-state index contributed by atoms with van der Waals surface area (Å²) in [4.78, 5) is 46.3. The number of rotatable bonds is 6. The Kier molecular flexibility index (Phi) is 7.25. The zero-order valence-corrected chi connectivity index (χ0v) is 22.5. The fourth-order valence-electron chi connectivity index (χ4n) is 6.36. The van der Waals surface area contributed by atoms with Crippen molar-refractivity contribution in [2.75, 3.05) is 11.4 Å². The van der Waals surface area contributed by atoms with Crippen molar-refractivity contribution in [1.82, 2.24) is 9.80 Å². The topological polar surface area (TPSA) is 81.2 Å². The van der Waals surface area contributed by atoms with E-state index in [-0.39, 0.29) is 18.5 Å².